The van der Waals surface area contributed by atoms with Gasteiger partial charge in [0.15, 0.2) is 5.78 Å². The molecule has 2 aromatic carbocycles. The first-order chi connectivity index (χ1) is 21.5. The van der Waals surface area contributed by atoms with E-state index in [0.29, 0.717) is 24.0 Å². The fourth-order valence-electron chi connectivity index (χ4n) is 5.27. The van der Waals surface area contributed by atoms with Gasteiger partial charge in [-0.25, -0.2) is 14.4 Å². The van der Waals surface area contributed by atoms with E-state index in [1.165, 1.54) is 19.8 Å². The molecule has 4 aromatic rings. The van der Waals surface area contributed by atoms with Crippen LogP contribution in [0.2, 0.25) is 0 Å². The third-order valence-electron chi connectivity index (χ3n) is 7.60. The number of rotatable bonds is 8. The number of aromatic hydroxyl groups is 1. The maximum absolute atomic E-state index is 13.4. The molecule has 2 aromatic heterocycles. The number of pyridine rings is 2. The molecule has 236 valence electrons. The number of hydrogen-bond donors (Lipinski definition) is 2. The highest BCUT2D eigenvalue weighted by molar-refractivity contribution is 5.96. The summed E-state index contributed by atoms with van der Waals surface area (Å²) in [5, 5.41) is 12.9. The lowest BCUT2D eigenvalue weighted by Gasteiger charge is -2.26. The van der Waals surface area contributed by atoms with E-state index in [9.17, 15) is 19.1 Å². The SMILES string of the molecule is CC(=O)c1cc(F)cnc1Oc1cccc(-c2ccc(O)cc2CN(C)C)c1.Cc1cccc(C(=O)NC2CCC(C)CC2)n1. The molecule has 0 spiro atoms. The number of nitrogens with one attached hydrogen (secondary N) is 1. The monoisotopic (exact) mass is 612 g/mol. The second-order valence-electron chi connectivity index (χ2n) is 11.9. The van der Waals surface area contributed by atoms with Crippen molar-refractivity contribution in [3.05, 3.63) is 101 Å². The van der Waals surface area contributed by atoms with Crippen molar-refractivity contribution in [3.8, 4) is 28.5 Å². The highest BCUT2D eigenvalue weighted by atomic mass is 19.1. The van der Waals surface area contributed by atoms with E-state index in [-0.39, 0.29) is 28.9 Å². The van der Waals surface area contributed by atoms with E-state index >= 15 is 0 Å². The normalized spacial score (nSPS) is 16.0. The Labute approximate surface area is 264 Å². The molecule has 0 aliphatic heterocycles. The van der Waals surface area contributed by atoms with Crippen molar-refractivity contribution >= 4 is 11.7 Å². The third kappa shape index (κ3) is 9.68. The summed E-state index contributed by atoms with van der Waals surface area (Å²) in [5.74, 6) is 0.588. The van der Waals surface area contributed by atoms with E-state index in [0.717, 1.165) is 53.4 Å². The zero-order valence-corrected chi connectivity index (χ0v) is 26.5. The summed E-state index contributed by atoms with van der Waals surface area (Å²) in [6, 6.07) is 19.5. The van der Waals surface area contributed by atoms with Gasteiger partial charge in [0, 0.05) is 18.3 Å². The van der Waals surface area contributed by atoms with Crippen LogP contribution in [-0.2, 0) is 6.54 Å². The number of phenols is 1. The summed E-state index contributed by atoms with van der Waals surface area (Å²) < 4.78 is 19.2. The van der Waals surface area contributed by atoms with Gasteiger partial charge in [-0.15, -0.1) is 0 Å². The van der Waals surface area contributed by atoms with Gasteiger partial charge in [-0.2, -0.15) is 0 Å². The number of Topliss-reactive ketones (excluding diaryl/α,β-unsaturated/α-hetero) is 1. The van der Waals surface area contributed by atoms with Crippen LogP contribution in [-0.4, -0.2) is 51.8 Å². The number of aromatic nitrogens is 2. The summed E-state index contributed by atoms with van der Waals surface area (Å²) in [6.07, 6.45) is 5.64. The minimum Gasteiger partial charge on any atom is -0.508 e. The van der Waals surface area contributed by atoms with Crippen LogP contribution in [0.4, 0.5) is 4.39 Å². The number of carbonyl (C=O) groups is 2. The highest BCUT2D eigenvalue weighted by Crippen LogP contribution is 2.32. The van der Waals surface area contributed by atoms with Gasteiger partial charge in [0.2, 0.25) is 5.88 Å². The van der Waals surface area contributed by atoms with Crippen LogP contribution in [0.1, 0.15) is 71.6 Å². The van der Waals surface area contributed by atoms with Crippen LogP contribution in [0.5, 0.6) is 17.4 Å². The quantitative estimate of drug-likeness (QED) is 0.201. The fourth-order valence-corrected chi connectivity index (χ4v) is 5.27. The van der Waals surface area contributed by atoms with Crippen LogP contribution < -0.4 is 10.1 Å². The number of ketones is 1. The van der Waals surface area contributed by atoms with Gasteiger partial charge in [-0.3, -0.25) is 9.59 Å². The molecular weight excluding hydrogens is 571 g/mol. The number of phenolic OH excluding ortho intramolecular Hbond substituents is 1. The molecule has 45 heavy (non-hydrogen) atoms. The van der Waals surface area contributed by atoms with E-state index < -0.39 is 5.82 Å². The van der Waals surface area contributed by atoms with Gasteiger partial charge in [-0.1, -0.05) is 31.2 Å². The van der Waals surface area contributed by atoms with Gasteiger partial charge in [0.25, 0.3) is 5.91 Å². The average molecular weight is 613 g/mol. The first-order valence-corrected chi connectivity index (χ1v) is 15.1. The van der Waals surface area contributed by atoms with Gasteiger partial charge < -0.3 is 20.1 Å². The summed E-state index contributed by atoms with van der Waals surface area (Å²) in [7, 11) is 3.91. The van der Waals surface area contributed by atoms with E-state index in [1.54, 1.807) is 24.3 Å². The van der Waals surface area contributed by atoms with Gasteiger partial charge in [0.05, 0.1) is 11.8 Å². The van der Waals surface area contributed by atoms with Crippen molar-refractivity contribution in [3.63, 3.8) is 0 Å². The molecule has 1 amide bonds. The lowest BCUT2D eigenvalue weighted by Crippen LogP contribution is -2.37. The molecule has 5 rings (SSSR count). The minimum atomic E-state index is -0.594. The number of aryl methyl sites for hydroxylation is 1. The van der Waals surface area contributed by atoms with Gasteiger partial charge in [-0.05, 0) is 119 Å². The number of carbonyl (C=O) groups excluding carboxylic acids is 2. The van der Waals surface area contributed by atoms with Crippen LogP contribution in [0, 0.1) is 18.7 Å². The van der Waals surface area contributed by atoms with E-state index in [1.807, 2.05) is 62.3 Å². The molecule has 2 heterocycles. The Balaban J connectivity index is 0.000000231. The Hall–Kier alpha value is -4.63. The molecule has 1 aliphatic carbocycles. The Kier molecular flexibility index (Phi) is 11.4. The zero-order chi connectivity index (χ0) is 32.5. The molecular formula is C36H41FN4O4. The number of benzene rings is 2. The minimum absolute atomic E-state index is 0.0340. The number of nitrogens with zero attached hydrogens (tertiary/aromatic N) is 3. The van der Waals surface area contributed by atoms with Crippen LogP contribution in [0.15, 0.2) is 72.9 Å². The summed E-state index contributed by atoms with van der Waals surface area (Å²) in [5.41, 5.74) is 4.31. The summed E-state index contributed by atoms with van der Waals surface area (Å²) >= 11 is 0. The molecule has 8 nitrogen and oxygen atoms in total. The Bertz CT molecular complexity index is 1630. The molecule has 2 N–H and O–H groups in total. The lowest BCUT2D eigenvalue weighted by molar-refractivity contribution is 0.0917. The van der Waals surface area contributed by atoms with E-state index in [2.05, 4.69) is 22.2 Å². The molecule has 9 heteroatoms. The van der Waals surface area contributed by atoms with Crippen molar-refractivity contribution < 1.29 is 23.8 Å². The number of amides is 1. The second-order valence-corrected chi connectivity index (χ2v) is 11.9. The summed E-state index contributed by atoms with van der Waals surface area (Å²) in [6.45, 7) is 6.17. The van der Waals surface area contributed by atoms with Gasteiger partial charge >= 0.3 is 0 Å². The molecule has 1 fully saturated rings. The van der Waals surface area contributed by atoms with Gasteiger partial charge in [0.1, 0.15) is 23.0 Å². The van der Waals surface area contributed by atoms with Crippen LogP contribution >= 0.6 is 0 Å². The molecule has 0 atom stereocenters. The molecule has 1 aliphatic rings. The van der Waals surface area contributed by atoms with Crippen LogP contribution in [0.3, 0.4) is 0 Å². The average Bonchev–Trinajstić information content (AvgIpc) is 2.99. The predicted octanol–water partition coefficient (Wildman–Crippen LogP) is 7.35. The van der Waals surface area contributed by atoms with Crippen molar-refractivity contribution in [1.82, 2.24) is 20.2 Å². The van der Waals surface area contributed by atoms with Crippen LogP contribution in [0.25, 0.3) is 11.1 Å². The number of hydrogen-bond acceptors (Lipinski definition) is 7. The van der Waals surface area contributed by atoms with Crippen molar-refractivity contribution in [2.45, 2.75) is 59.0 Å². The Morgan fingerprint density at radius 2 is 1.76 bits per heavy atom. The maximum atomic E-state index is 13.4. The zero-order valence-electron chi connectivity index (χ0n) is 26.5. The highest BCUT2D eigenvalue weighted by Gasteiger charge is 2.20. The second kappa shape index (κ2) is 15.4. The first-order valence-electron chi connectivity index (χ1n) is 15.1. The molecule has 1 saturated carbocycles. The third-order valence-corrected chi connectivity index (χ3v) is 7.60. The fraction of sp³-hybridized carbons (Fsp3) is 0.333. The molecule has 0 radical (unpaired) electrons. The lowest BCUT2D eigenvalue weighted by atomic mass is 9.87. The predicted molar refractivity (Wildman–Crippen MR) is 173 cm³/mol. The van der Waals surface area contributed by atoms with Crippen molar-refractivity contribution in [1.29, 1.82) is 0 Å². The largest absolute Gasteiger partial charge is 0.508 e. The molecule has 0 bridgehead atoms. The number of halogens is 1. The molecule has 0 unspecified atom stereocenters. The topological polar surface area (TPSA) is 105 Å². The first kappa shape index (κ1) is 33.3. The summed E-state index contributed by atoms with van der Waals surface area (Å²) in [4.78, 5) is 33.9. The van der Waals surface area contributed by atoms with Crippen molar-refractivity contribution in [2.24, 2.45) is 5.92 Å². The van der Waals surface area contributed by atoms with Crippen molar-refractivity contribution in [2.75, 3.05) is 14.1 Å². The number of ether oxygens (including phenoxy) is 1. The standard InChI is InChI=1S/C22H21FN2O3.C14H20N2O/c1-14(26)21-11-17(23)12-24-22(21)28-19-6-4-5-15(10-19)20-8-7-18(27)9-16(20)13-25(2)3;1-10-6-8-12(9-7-10)16-14(17)13-5-3-4-11(2)15-13/h4-12,27H,13H2,1-3H3;3-5,10,12H,6-9H2,1-2H3,(H,16,17). The van der Waals surface area contributed by atoms with E-state index in [4.69, 9.17) is 4.74 Å². The molecule has 0 saturated heterocycles. The smallest absolute Gasteiger partial charge is 0.270 e. The Morgan fingerprint density at radius 1 is 1.02 bits per heavy atom. The Morgan fingerprint density at radius 3 is 2.44 bits per heavy atom. The maximum Gasteiger partial charge on any atom is 0.270 e.